The normalized spacial score (nSPS) is 20.0. The van der Waals surface area contributed by atoms with E-state index < -0.39 is 16.1 Å². The van der Waals surface area contributed by atoms with Gasteiger partial charge in [-0.15, -0.1) is 0 Å². The monoisotopic (exact) mass is 451 g/mol. The summed E-state index contributed by atoms with van der Waals surface area (Å²) in [7, 11) is -2.09. The van der Waals surface area contributed by atoms with Crippen molar-refractivity contribution in [2.24, 2.45) is 11.8 Å². The minimum absolute atomic E-state index is 0.0261. The number of amides is 2. The minimum Gasteiger partial charge on any atom is -0.497 e. The lowest BCUT2D eigenvalue weighted by Gasteiger charge is -2.32. The zero-order valence-corrected chi connectivity index (χ0v) is 19.3. The maximum Gasteiger partial charge on any atom is 0.243 e. The maximum absolute atomic E-state index is 12.9. The number of carbonyl (C=O) groups is 2. The Morgan fingerprint density at radius 2 is 1.74 bits per heavy atom. The number of hydrogen-bond acceptors (Lipinski definition) is 5. The van der Waals surface area contributed by atoms with E-state index in [-0.39, 0.29) is 47.7 Å². The van der Waals surface area contributed by atoms with Gasteiger partial charge in [-0.25, -0.2) is 8.42 Å². The Kier molecular flexibility index (Phi) is 7.59. The molecular weight excluding hydrogens is 418 g/mol. The van der Waals surface area contributed by atoms with Crippen LogP contribution in [0.2, 0.25) is 0 Å². The van der Waals surface area contributed by atoms with Crippen LogP contribution in [0.1, 0.15) is 46.0 Å². The van der Waals surface area contributed by atoms with Gasteiger partial charge in [0.05, 0.1) is 12.0 Å². The number of methoxy groups -OCH3 is 1. The van der Waals surface area contributed by atoms with Crippen molar-refractivity contribution in [2.75, 3.05) is 20.2 Å². The van der Waals surface area contributed by atoms with Crippen LogP contribution < -0.4 is 15.4 Å². The summed E-state index contributed by atoms with van der Waals surface area (Å²) in [5, 5.41) is 5.92. The van der Waals surface area contributed by atoms with E-state index >= 15 is 0 Å². The average Bonchev–Trinajstić information content (AvgIpc) is 3.60. The summed E-state index contributed by atoms with van der Waals surface area (Å²) < 4.78 is 32.3. The fraction of sp³-hybridized carbons (Fsp3) is 0.636. The summed E-state index contributed by atoms with van der Waals surface area (Å²) in [5.74, 6) is 0.0270. The average molecular weight is 452 g/mol. The van der Waals surface area contributed by atoms with Crippen LogP contribution in [0.3, 0.4) is 0 Å². The topological polar surface area (TPSA) is 105 Å². The summed E-state index contributed by atoms with van der Waals surface area (Å²) in [6.45, 7) is 4.50. The largest absolute Gasteiger partial charge is 0.497 e. The Balaban J connectivity index is 1.58. The van der Waals surface area contributed by atoms with E-state index in [0.717, 1.165) is 19.3 Å². The number of ether oxygens (including phenoxy) is 1. The molecule has 1 aromatic carbocycles. The van der Waals surface area contributed by atoms with E-state index in [1.165, 1.54) is 23.5 Å². The van der Waals surface area contributed by atoms with Gasteiger partial charge < -0.3 is 15.4 Å². The van der Waals surface area contributed by atoms with E-state index in [0.29, 0.717) is 18.6 Å². The van der Waals surface area contributed by atoms with Crippen LogP contribution in [0.4, 0.5) is 0 Å². The highest BCUT2D eigenvalue weighted by Gasteiger charge is 2.35. The van der Waals surface area contributed by atoms with Crippen LogP contribution >= 0.6 is 0 Å². The molecule has 1 aliphatic heterocycles. The standard InChI is InChI=1S/C22H33N3O5S/c1-4-15(2)20(22(27)23-17-5-6-17)24-21(26)16-11-13-25(14-12-16)31(28,29)19-9-7-18(30-3)8-10-19/h7-10,15-17,20H,4-6,11-14H2,1-3H3,(H,23,27)(H,24,26)/t15?,20-/m0/s1. The molecule has 9 heteroatoms. The molecule has 1 aromatic rings. The minimum atomic E-state index is -3.61. The highest BCUT2D eigenvalue weighted by Crippen LogP contribution is 2.26. The van der Waals surface area contributed by atoms with Crippen LogP contribution in [0.5, 0.6) is 5.75 Å². The molecule has 1 saturated heterocycles. The van der Waals surface area contributed by atoms with Gasteiger partial charge in [0.15, 0.2) is 0 Å². The highest BCUT2D eigenvalue weighted by atomic mass is 32.2. The Hall–Kier alpha value is -2.13. The fourth-order valence-electron chi connectivity index (χ4n) is 3.75. The first-order chi connectivity index (χ1) is 14.8. The summed E-state index contributed by atoms with van der Waals surface area (Å²) in [4.78, 5) is 25.6. The lowest BCUT2D eigenvalue weighted by Crippen LogP contribution is -2.53. The van der Waals surface area contributed by atoms with E-state index in [9.17, 15) is 18.0 Å². The van der Waals surface area contributed by atoms with E-state index in [2.05, 4.69) is 10.6 Å². The lowest BCUT2D eigenvalue weighted by atomic mass is 9.94. The molecule has 31 heavy (non-hydrogen) atoms. The molecule has 1 saturated carbocycles. The van der Waals surface area contributed by atoms with Crippen molar-refractivity contribution in [2.45, 2.75) is 62.9 Å². The third-order valence-corrected chi connectivity index (χ3v) is 8.15. The Labute approximate surface area is 184 Å². The van der Waals surface area contributed by atoms with E-state index in [1.54, 1.807) is 12.1 Å². The van der Waals surface area contributed by atoms with Gasteiger partial charge in [-0.1, -0.05) is 20.3 Å². The summed E-state index contributed by atoms with van der Waals surface area (Å²) >= 11 is 0. The number of nitrogens with one attached hydrogen (secondary N) is 2. The van der Waals surface area contributed by atoms with Crippen molar-refractivity contribution in [1.82, 2.24) is 14.9 Å². The fourth-order valence-corrected chi connectivity index (χ4v) is 5.22. The molecule has 2 atom stereocenters. The van der Waals surface area contributed by atoms with Gasteiger partial charge in [-0.3, -0.25) is 9.59 Å². The predicted octanol–water partition coefficient (Wildman–Crippen LogP) is 1.91. The van der Waals surface area contributed by atoms with Crippen molar-refractivity contribution >= 4 is 21.8 Å². The number of nitrogens with zero attached hydrogens (tertiary/aromatic N) is 1. The van der Waals surface area contributed by atoms with Gasteiger partial charge in [-0.2, -0.15) is 4.31 Å². The molecule has 1 aliphatic carbocycles. The maximum atomic E-state index is 12.9. The van der Waals surface area contributed by atoms with Crippen molar-refractivity contribution in [3.63, 3.8) is 0 Å². The summed E-state index contributed by atoms with van der Waals surface area (Å²) in [5.41, 5.74) is 0. The first-order valence-corrected chi connectivity index (χ1v) is 12.4. The van der Waals surface area contributed by atoms with Gasteiger partial charge in [0.25, 0.3) is 0 Å². The summed E-state index contributed by atoms with van der Waals surface area (Å²) in [6.07, 6.45) is 3.63. The molecule has 2 aliphatic rings. The molecule has 0 bridgehead atoms. The second kappa shape index (κ2) is 9.99. The van der Waals surface area contributed by atoms with E-state index in [1.807, 2.05) is 13.8 Å². The Morgan fingerprint density at radius 1 is 1.13 bits per heavy atom. The van der Waals surface area contributed by atoms with Gasteiger partial charge in [-0.05, 0) is 55.9 Å². The molecule has 2 amide bonds. The number of carbonyl (C=O) groups excluding carboxylic acids is 2. The molecule has 8 nitrogen and oxygen atoms in total. The quantitative estimate of drug-likeness (QED) is 0.597. The number of rotatable bonds is 9. The van der Waals surface area contributed by atoms with Crippen LogP contribution in [-0.4, -0.2) is 56.8 Å². The van der Waals surface area contributed by atoms with Crippen molar-refractivity contribution < 1.29 is 22.7 Å². The smallest absolute Gasteiger partial charge is 0.243 e. The first-order valence-electron chi connectivity index (χ1n) is 11.0. The predicted molar refractivity (Wildman–Crippen MR) is 117 cm³/mol. The number of piperidine rings is 1. The molecule has 2 N–H and O–H groups in total. The highest BCUT2D eigenvalue weighted by molar-refractivity contribution is 7.89. The molecule has 1 unspecified atom stereocenters. The van der Waals surface area contributed by atoms with Gasteiger partial charge in [0.2, 0.25) is 21.8 Å². The Bertz CT molecular complexity index is 875. The first kappa shape index (κ1) is 23.5. The molecule has 2 fully saturated rings. The van der Waals surface area contributed by atoms with Crippen molar-refractivity contribution in [3.05, 3.63) is 24.3 Å². The van der Waals surface area contributed by atoms with Crippen molar-refractivity contribution in [3.8, 4) is 5.75 Å². The van der Waals surface area contributed by atoms with Crippen LogP contribution in [-0.2, 0) is 19.6 Å². The van der Waals surface area contributed by atoms with Crippen LogP contribution in [0.25, 0.3) is 0 Å². The third kappa shape index (κ3) is 5.77. The van der Waals surface area contributed by atoms with E-state index in [4.69, 9.17) is 4.74 Å². The zero-order valence-electron chi connectivity index (χ0n) is 18.5. The SMILES string of the molecule is CCC(C)[C@H](NC(=O)C1CCN(S(=O)(=O)c2ccc(OC)cc2)CC1)C(=O)NC1CC1. The summed E-state index contributed by atoms with van der Waals surface area (Å²) in [6, 6.07) is 5.98. The van der Waals surface area contributed by atoms with Crippen molar-refractivity contribution in [1.29, 1.82) is 0 Å². The van der Waals surface area contributed by atoms with Gasteiger partial charge >= 0.3 is 0 Å². The van der Waals surface area contributed by atoms with Crippen LogP contribution in [0, 0.1) is 11.8 Å². The Morgan fingerprint density at radius 3 is 2.26 bits per heavy atom. The van der Waals surface area contributed by atoms with Gasteiger partial charge in [0, 0.05) is 25.0 Å². The molecule has 0 aromatic heterocycles. The molecule has 3 rings (SSSR count). The number of sulfonamides is 1. The van der Waals surface area contributed by atoms with Crippen LogP contribution in [0.15, 0.2) is 29.2 Å². The molecule has 172 valence electrons. The van der Waals surface area contributed by atoms with Gasteiger partial charge in [0.1, 0.15) is 11.8 Å². The second-order valence-electron chi connectivity index (χ2n) is 8.51. The number of benzene rings is 1. The zero-order chi connectivity index (χ0) is 22.6. The molecule has 0 radical (unpaired) electrons. The lowest BCUT2D eigenvalue weighted by molar-refractivity contribution is -0.133. The third-order valence-electron chi connectivity index (χ3n) is 6.24. The molecule has 0 spiro atoms. The molecule has 1 heterocycles. The number of hydrogen-bond donors (Lipinski definition) is 2. The second-order valence-corrected chi connectivity index (χ2v) is 10.4. The molecular formula is C22H33N3O5S.